The Kier molecular flexibility index (Phi) is 1.96. The Hall–Kier alpha value is -3.14. The van der Waals surface area contributed by atoms with Crippen molar-refractivity contribution < 1.29 is 0 Å². The van der Waals surface area contributed by atoms with E-state index in [1.165, 1.54) is 4.40 Å². The molecule has 0 aliphatic rings. The molecule has 0 aliphatic heterocycles. The molecular formula is C18H10N2O2. The van der Waals surface area contributed by atoms with E-state index in [0.29, 0.717) is 10.9 Å². The zero-order valence-corrected chi connectivity index (χ0v) is 11.5. The van der Waals surface area contributed by atoms with Crippen molar-refractivity contribution in [3.05, 3.63) is 75.4 Å². The predicted octanol–water partition coefficient (Wildman–Crippen LogP) is 2.89. The molecule has 1 N–H and O–H groups in total. The maximum Gasteiger partial charge on any atom is 0.333 e. The van der Waals surface area contributed by atoms with E-state index in [0.717, 1.165) is 27.1 Å². The molecule has 0 spiro atoms. The van der Waals surface area contributed by atoms with Crippen LogP contribution in [0.1, 0.15) is 0 Å². The summed E-state index contributed by atoms with van der Waals surface area (Å²) in [4.78, 5) is 28.0. The lowest BCUT2D eigenvalue weighted by Gasteiger charge is -2.12. The summed E-state index contributed by atoms with van der Waals surface area (Å²) >= 11 is 0. The number of hydrogen-bond donors (Lipinski definition) is 1. The molecule has 4 nitrogen and oxygen atoms in total. The fraction of sp³-hybridized carbons (Fsp3) is 0. The second kappa shape index (κ2) is 3.74. The average molecular weight is 286 g/mol. The number of nitrogens with one attached hydrogen (secondary N) is 1. The second-order valence-corrected chi connectivity index (χ2v) is 5.48. The average Bonchev–Trinajstić information content (AvgIpc) is 2.55. The molecule has 5 rings (SSSR count). The number of aromatic nitrogens is 2. The van der Waals surface area contributed by atoms with Crippen LogP contribution in [0.5, 0.6) is 0 Å². The number of pyridine rings is 1. The Morgan fingerprint density at radius 2 is 1.59 bits per heavy atom. The lowest BCUT2D eigenvalue weighted by atomic mass is 10.0. The van der Waals surface area contributed by atoms with Crippen molar-refractivity contribution in [3.8, 4) is 0 Å². The Balaban J connectivity index is 2.34. The Morgan fingerprint density at radius 1 is 0.773 bits per heavy atom. The van der Waals surface area contributed by atoms with E-state index < -0.39 is 5.69 Å². The molecule has 0 fully saturated rings. The van der Waals surface area contributed by atoms with Gasteiger partial charge in [-0.1, -0.05) is 42.5 Å². The highest BCUT2D eigenvalue weighted by atomic mass is 16.2. The van der Waals surface area contributed by atoms with Gasteiger partial charge in [-0.3, -0.25) is 4.79 Å². The summed E-state index contributed by atoms with van der Waals surface area (Å²) in [5, 5.41) is 4.29. The summed E-state index contributed by atoms with van der Waals surface area (Å²) in [5.41, 5.74) is 0.776. The van der Waals surface area contributed by atoms with Gasteiger partial charge in [-0.15, -0.1) is 0 Å². The molecule has 0 saturated carbocycles. The minimum atomic E-state index is -0.396. The summed E-state index contributed by atoms with van der Waals surface area (Å²) in [6, 6.07) is 17.2. The molecule has 104 valence electrons. The number of rotatable bonds is 0. The molecule has 2 aromatic heterocycles. The van der Waals surface area contributed by atoms with Gasteiger partial charge in [-0.2, -0.15) is 0 Å². The molecule has 2 heterocycles. The number of H-pyrrole nitrogens is 1. The Labute approximate surface area is 123 Å². The van der Waals surface area contributed by atoms with Crippen molar-refractivity contribution in [3.63, 3.8) is 0 Å². The van der Waals surface area contributed by atoms with Crippen molar-refractivity contribution >= 4 is 38.0 Å². The zero-order chi connectivity index (χ0) is 14.8. The van der Waals surface area contributed by atoms with Crippen LogP contribution in [-0.2, 0) is 0 Å². The van der Waals surface area contributed by atoms with Crippen LogP contribution >= 0.6 is 0 Å². The number of benzene rings is 3. The summed E-state index contributed by atoms with van der Waals surface area (Å²) in [7, 11) is 0. The molecule has 3 aromatic carbocycles. The summed E-state index contributed by atoms with van der Waals surface area (Å²) in [6.07, 6.45) is 0. The third kappa shape index (κ3) is 1.22. The number of nitrogens with zero attached hydrogens (tertiary/aromatic N) is 1. The van der Waals surface area contributed by atoms with Crippen LogP contribution in [0.4, 0.5) is 0 Å². The molecule has 0 aliphatic carbocycles. The molecule has 5 aromatic rings. The molecule has 4 heteroatoms. The standard InChI is InChI=1S/C18H10N2O2/c21-17-13-6-2-1-5-11(13)12-9-8-10-4-3-7-14-15(10)16(12)20(17)18(22)19-14/h1-9H,(H,19,22). The predicted molar refractivity (Wildman–Crippen MR) is 88.0 cm³/mol. The molecule has 0 unspecified atom stereocenters. The van der Waals surface area contributed by atoms with Crippen molar-refractivity contribution in [2.75, 3.05) is 0 Å². The van der Waals surface area contributed by atoms with Gasteiger partial charge in [0.15, 0.2) is 0 Å². The summed E-state index contributed by atoms with van der Waals surface area (Å²) < 4.78 is 1.26. The van der Waals surface area contributed by atoms with Crippen molar-refractivity contribution in [2.24, 2.45) is 0 Å². The lowest BCUT2D eigenvalue weighted by molar-refractivity contribution is 0.996. The molecule has 22 heavy (non-hydrogen) atoms. The first-order valence-electron chi connectivity index (χ1n) is 7.06. The Morgan fingerprint density at radius 3 is 2.45 bits per heavy atom. The van der Waals surface area contributed by atoms with E-state index in [1.807, 2.05) is 48.5 Å². The third-order valence-corrected chi connectivity index (χ3v) is 4.34. The van der Waals surface area contributed by atoms with Gasteiger partial charge in [0.2, 0.25) is 0 Å². The monoisotopic (exact) mass is 286 g/mol. The number of fused-ring (bicyclic) bond motifs is 2. The van der Waals surface area contributed by atoms with Crippen LogP contribution in [0, 0.1) is 0 Å². The SMILES string of the molecule is O=c1[nH]c2cccc3ccc4c5ccccc5c(=O)n1c4c32. The van der Waals surface area contributed by atoms with Crippen LogP contribution in [0.2, 0.25) is 0 Å². The fourth-order valence-electron chi connectivity index (χ4n) is 3.41. The van der Waals surface area contributed by atoms with Crippen LogP contribution in [0.25, 0.3) is 38.0 Å². The molecule has 0 atom stereocenters. The molecular weight excluding hydrogens is 276 g/mol. The highest BCUT2D eigenvalue weighted by Crippen LogP contribution is 2.30. The minimum absolute atomic E-state index is 0.275. The van der Waals surface area contributed by atoms with Gasteiger partial charge in [-0.05, 0) is 22.9 Å². The van der Waals surface area contributed by atoms with E-state index in [4.69, 9.17) is 0 Å². The normalized spacial score (nSPS) is 12.0. The fourth-order valence-corrected chi connectivity index (χ4v) is 3.41. The molecule has 0 saturated heterocycles. The minimum Gasteiger partial charge on any atom is -0.306 e. The maximum absolute atomic E-state index is 12.8. The first kappa shape index (κ1) is 11.5. The van der Waals surface area contributed by atoms with Gasteiger partial charge in [0.25, 0.3) is 5.56 Å². The van der Waals surface area contributed by atoms with Crippen LogP contribution in [0.3, 0.4) is 0 Å². The van der Waals surface area contributed by atoms with Gasteiger partial charge >= 0.3 is 5.69 Å². The van der Waals surface area contributed by atoms with Gasteiger partial charge in [-0.25, -0.2) is 9.20 Å². The molecule has 0 amide bonds. The smallest absolute Gasteiger partial charge is 0.306 e. The first-order chi connectivity index (χ1) is 10.8. The number of hydrogen-bond acceptors (Lipinski definition) is 2. The zero-order valence-electron chi connectivity index (χ0n) is 11.5. The van der Waals surface area contributed by atoms with E-state index in [9.17, 15) is 9.59 Å². The Bertz CT molecular complexity index is 1310. The van der Waals surface area contributed by atoms with E-state index >= 15 is 0 Å². The van der Waals surface area contributed by atoms with Crippen LogP contribution in [0.15, 0.2) is 64.2 Å². The summed E-state index contributed by atoms with van der Waals surface area (Å²) in [6.45, 7) is 0. The maximum atomic E-state index is 12.8. The van der Waals surface area contributed by atoms with Crippen molar-refractivity contribution in [2.45, 2.75) is 0 Å². The van der Waals surface area contributed by atoms with Crippen LogP contribution in [-0.4, -0.2) is 9.38 Å². The second-order valence-electron chi connectivity index (χ2n) is 5.48. The molecule has 0 radical (unpaired) electrons. The third-order valence-electron chi connectivity index (χ3n) is 4.34. The van der Waals surface area contributed by atoms with Crippen molar-refractivity contribution in [1.29, 1.82) is 0 Å². The first-order valence-corrected chi connectivity index (χ1v) is 7.06. The van der Waals surface area contributed by atoms with Gasteiger partial charge in [0, 0.05) is 16.2 Å². The van der Waals surface area contributed by atoms with Gasteiger partial charge in [0.05, 0.1) is 11.0 Å². The number of aromatic amines is 1. The van der Waals surface area contributed by atoms with E-state index in [-0.39, 0.29) is 5.56 Å². The van der Waals surface area contributed by atoms with Crippen LogP contribution < -0.4 is 11.2 Å². The van der Waals surface area contributed by atoms with Gasteiger partial charge in [0.1, 0.15) is 0 Å². The lowest BCUT2D eigenvalue weighted by Crippen LogP contribution is -2.29. The highest BCUT2D eigenvalue weighted by molar-refractivity contribution is 6.19. The van der Waals surface area contributed by atoms with E-state index in [2.05, 4.69) is 4.98 Å². The van der Waals surface area contributed by atoms with Crippen molar-refractivity contribution in [1.82, 2.24) is 9.38 Å². The molecule has 0 bridgehead atoms. The quantitative estimate of drug-likeness (QED) is 0.351. The van der Waals surface area contributed by atoms with Gasteiger partial charge < -0.3 is 4.98 Å². The summed E-state index contributed by atoms with van der Waals surface area (Å²) in [5.74, 6) is 0. The largest absolute Gasteiger partial charge is 0.333 e. The topological polar surface area (TPSA) is 54.3 Å². The van der Waals surface area contributed by atoms with E-state index in [1.54, 1.807) is 6.07 Å². The highest BCUT2D eigenvalue weighted by Gasteiger charge is 2.15.